The fraction of sp³-hybridized carbons (Fsp3) is 0.250. The van der Waals surface area contributed by atoms with Gasteiger partial charge in [0.15, 0.2) is 0 Å². The number of fused-ring (bicyclic) bond motifs is 1. The zero-order valence-corrected chi connectivity index (χ0v) is 12.3. The number of thioether (sulfide) groups is 1. The predicted octanol–water partition coefficient (Wildman–Crippen LogP) is 3.42. The standard InChI is InChI=1S/C16H15FO3S/c1-19-10-6-7-11(12(17)8-10)16(18)14-9-21-15-5-3-2-4-13(15)20-14/h2-8,14,16,18H,9H2,1H3. The molecular weight excluding hydrogens is 291 g/mol. The molecule has 5 heteroatoms. The first-order valence-corrected chi connectivity index (χ1v) is 7.57. The number of methoxy groups -OCH3 is 1. The van der Waals surface area contributed by atoms with Crippen LogP contribution in [-0.4, -0.2) is 24.1 Å². The molecule has 0 saturated heterocycles. The number of aliphatic hydroxyl groups is 1. The summed E-state index contributed by atoms with van der Waals surface area (Å²) in [6.07, 6.45) is -1.50. The van der Waals surface area contributed by atoms with Crippen molar-refractivity contribution in [2.45, 2.75) is 17.1 Å². The van der Waals surface area contributed by atoms with Crippen LogP contribution in [0.5, 0.6) is 11.5 Å². The lowest BCUT2D eigenvalue weighted by atomic mass is 10.0. The topological polar surface area (TPSA) is 38.7 Å². The smallest absolute Gasteiger partial charge is 0.138 e. The van der Waals surface area contributed by atoms with E-state index in [1.54, 1.807) is 17.8 Å². The van der Waals surface area contributed by atoms with Gasteiger partial charge in [-0.2, -0.15) is 0 Å². The van der Waals surface area contributed by atoms with Crippen LogP contribution in [0.4, 0.5) is 4.39 Å². The van der Waals surface area contributed by atoms with Gasteiger partial charge in [-0.1, -0.05) is 12.1 Å². The number of halogens is 1. The van der Waals surface area contributed by atoms with Crippen molar-refractivity contribution in [3.05, 3.63) is 53.8 Å². The van der Waals surface area contributed by atoms with Gasteiger partial charge in [-0.15, -0.1) is 11.8 Å². The Bertz CT molecular complexity index is 647. The van der Waals surface area contributed by atoms with Gasteiger partial charge in [0.2, 0.25) is 0 Å². The molecule has 0 radical (unpaired) electrons. The van der Waals surface area contributed by atoms with Gasteiger partial charge < -0.3 is 14.6 Å². The lowest BCUT2D eigenvalue weighted by Crippen LogP contribution is -2.30. The summed E-state index contributed by atoms with van der Waals surface area (Å²) in [6.45, 7) is 0. The lowest BCUT2D eigenvalue weighted by Gasteiger charge is -2.29. The largest absolute Gasteiger partial charge is 0.497 e. The molecule has 1 heterocycles. The Hall–Kier alpha value is -1.72. The molecule has 2 atom stereocenters. The van der Waals surface area contributed by atoms with Gasteiger partial charge in [0, 0.05) is 22.3 Å². The van der Waals surface area contributed by atoms with Crippen molar-refractivity contribution < 1.29 is 19.0 Å². The van der Waals surface area contributed by atoms with Crippen molar-refractivity contribution in [2.24, 2.45) is 0 Å². The van der Waals surface area contributed by atoms with E-state index in [-0.39, 0.29) is 5.56 Å². The highest BCUT2D eigenvalue weighted by Crippen LogP contribution is 2.38. The number of aliphatic hydroxyl groups excluding tert-OH is 1. The van der Waals surface area contributed by atoms with E-state index >= 15 is 0 Å². The minimum Gasteiger partial charge on any atom is -0.497 e. The highest BCUT2D eigenvalue weighted by molar-refractivity contribution is 7.99. The molecule has 1 aliphatic heterocycles. The molecule has 0 spiro atoms. The van der Waals surface area contributed by atoms with E-state index in [2.05, 4.69) is 0 Å². The van der Waals surface area contributed by atoms with Crippen LogP contribution in [0, 0.1) is 5.82 Å². The first-order valence-electron chi connectivity index (χ1n) is 6.59. The SMILES string of the molecule is COc1ccc(C(O)C2CSc3ccccc3O2)c(F)c1. The third-order valence-electron chi connectivity index (χ3n) is 3.41. The molecule has 0 amide bonds. The molecule has 3 rings (SSSR count). The van der Waals surface area contributed by atoms with Crippen LogP contribution in [-0.2, 0) is 0 Å². The molecule has 0 aromatic heterocycles. The maximum absolute atomic E-state index is 14.0. The van der Waals surface area contributed by atoms with E-state index in [9.17, 15) is 9.50 Å². The Morgan fingerprint density at radius 3 is 2.90 bits per heavy atom. The van der Waals surface area contributed by atoms with Crippen molar-refractivity contribution in [1.29, 1.82) is 0 Å². The monoisotopic (exact) mass is 306 g/mol. The van der Waals surface area contributed by atoms with E-state index in [1.165, 1.54) is 19.2 Å². The third-order valence-corrected chi connectivity index (χ3v) is 4.55. The van der Waals surface area contributed by atoms with Gasteiger partial charge in [0.05, 0.1) is 7.11 Å². The highest BCUT2D eigenvalue weighted by atomic mass is 32.2. The van der Waals surface area contributed by atoms with Crippen LogP contribution in [0.1, 0.15) is 11.7 Å². The lowest BCUT2D eigenvalue weighted by molar-refractivity contribution is 0.0433. The molecule has 2 unspecified atom stereocenters. The Kier molecular flexibility index (Phi) is 4.03. The summed E-state index contributed by atoms with van der Waals surface area (Å²) in [5, 5.41) is 10.4. The van der Waals surface area contributed by atoms with Crippen LogP contribution in [0.15, 0.2) is 47.4 Å². The summed E-state index contributed by atoms with van der Waals surface area (Å²) in [4.78, 5) is 1.04. The van der Waals surface area contributed by atoms with E-state index in [1.807, 2.05) is 24.3 Å². The molecule has 3 nitrogen and oxygen atoms in total. The molecule has 110 valence electrons. The second-order valence-corrected chi connectivity index (χ2v) is 5.81. The predicted molar refractivity (Wildman–Crippen MR) is 79.5 cm³/mol. The van der Waals surface area contributed by atoms with Gasteiger partial charge in [0.1, 0.15) is 29.5 Å². The first-order chi connectivity index (χ1) is 10.2. The fourth-order valence-corrected chi connectivity index (χ4v) is 3.29. The van der Waals surface area contributed by atoms with E-state index in [0.29, 0.717) is 11.5 Å². The Morgan fingerprint density at radius 2 is 2.14 bits per heavy atom. The van der Waals surface area contributed by atoms with E-state index in [0.717, 1.165) is 10.6 Å². The fourth-order valence-electron chi connectivity index (χ4n) is 2.27. The van der Waals surface area contributed by atoms with Crippen molar-refractivity contribution in [3.8, 4) is 11.5 Å². The molecule has 1 aliphatic rings. The summed E-state index contributed by atoms with van der Waals surface area (Å²) < 4.78 is 24.8. The normalized spacial score (nSPS) is 18.5. The maximum atomic E-state index is 14.0. The second-order valence-electron chi connectivity index (χ2n) is 4.75. The summed E-state index contributed by atoms with van der Waals surface area (Å²) in [7, 11) is 1.47. The first kappa shape index (κ1) is 14.2. The number of ether oxygens (including phenoxy) is 2. The molecular formula is C16H15FO3S. The van der Waals surface area contributed by atoms with Crippen LogP contribution >= 0.6 is 11.8 Å². The van der Waals surface area contributed by atoms with E-state index in [4.69, 9.17) is 9.47 Å². The Balaban J connectivity index is 1.82. The Morgan fingerprint density at radius 1 is 1.33 bits per heavy atom. The molecule has 0 aliphatic carbocycles. The van der Waals surface area contributed by atoms with Crippen LogP contribution in [0.25, 0.3) is 0 Å². The maximum Gasteiger partial charge on any atom is 0.138 e. The zero-order chi connectivity index (χ0) is 14.8. The van der Waals surface area contributed by atoms with Gasteiger partial charge in [-0.25, -0.2) is 4.39 Å². The quantitative estimate of drug-likeness (QED) is 0.943. The average molecular weight is 306 g/mol. The molecule has 0 fully saturated rings. The molecule has 1 N–H and O–H groups in total. The minimum atomic E-state index is -1.02. The number of benzene rings is 2. The number of para-hydroxylation sites is 1. The molecule has 2 aromatic carbocycles. The van der Waals surface area contributed by atoms with Gasteiger partial charge in [-0.3, -0.25) is 0 Å². The molecule has 0 bridgehead atoms. The number of rotatable bonds is 3. The molecule has 2 aromatic rings. The molecule has 21 heavy (non-hydrogen) atoms. The van der Waals surface area contributed by atoms with Crippen molar-refractivity contribution in [2.75, 3.05) is 12.9 Å². The van der Waals surface area contributed by atoms with Gasteiger partial charge in [-0.05, 0) is 24.3 Å². The highest BCUT2D eigenvalue weighted by Gasteiger charge is 2.29. The third kappa shape index (κ3) is 2.84. The van der Waals surface area contributed by atoms with Crippen molar-refractivity contribution in [3.63, 3.8) is 0 Å². The number of hydrogen-bond acceptors (Lipinski definition) is 4. The summed E-state index contributed by atoms with van der Waals surface area (Å²) in [6, 6.07) is 12.1. The van der Waals surface area contributed by atoms with Gasteiger partial charge >= 0.3 is 0 Å². The van der Waals surface area contributed by atoms with Crippen molar-refractivity contribution >= 4 is 11.8 Å². The average Bonchev–Trinajstić information content (AvgIpc) is 2.53. The summed E-state index contributed by atoms with van der Waals surface area (Å²) in [5.41, 5.74) is 0.223. The second kappa shape index (κ2) is 5.95. The van der Waals surface area contributed by atoms with Crippen molar-refractivity contribution in [1.82, 2.24) is 0 Å². The minimum absolute atomic E-state index is 0.223. The van der Waals surface area contributed by atoms with Crippen LogP contribution in [0.3, 0.4) is 0 Å². The molecule has 0 saturated carbocycles. The van der Waals surface area contributed by atoms with Crippen LogP contribution in [0.2, 0.25) is 0 Å². The zero-order valence-electron chi connectivity index (χ0n) is 11.5. The number of hydrogen-bond donors (Lipinski definition) is 1. The summed E-state index contributed by atoms with van der Waals surface area (Å²) >= 11 is 1.60. The van der Waals surface area contributed by atoms with E-state index < -0.39 is 18.0 Å². The Labute approximate surface area is 126 Å². The van der Waals surface area contributed by atoms with Crippen LogP contribution < -0.4 is 9.47 Å². The van der Waals surface area contributed by atoms with Gasteiger partial charge in [0.25, 0.3) is 0 Å². The summed E-state index contributed by atoms with van der Waals surface area (Å²) in [5.74, 6) is 1.23.